The molecule has 1 N–H and O–H groups in total. The summed E-state index contributed by atoms with van der Waals surface area (Å²) in [6.07, 6.45) is 1.88. The van der Waals surface area contributed by atoms with Gasteiger partial charge in [0, 0.05) is 32.7 Å². The van der Waals surface area contributed by atoms with Crippen molar-refractivity contribution in [2.75, 3.05) is 32.2 Å². The van der Waals surface area contributed by atoms with Crippen molar-refractivity contribution in [3.63, 3.8) is 0 Å². The van der Waals surface area contributed by atoms with E-state index in [1.807, 2.05) is 19.0 Å². The highest BCUT2D eigenvalue weighted by atomic mass is 16.5. The van der Waals surface area contributed by atoms with E-state index in [4.69, 9.17) is 4.74 Å². The summed E-state index contributed by atoms with van der Waals surface area (Å²) in [5.41, 5.74) is 0.564. The van der Waals surface area contributed by atoms with Crippen LogP contribution in [0.25, 0.3) is 0 Å². The lowest BCUT2D eigenvalue weighted by atomic mass is 10.0. The maximum atomic E-state index is 11.8. The molecule has 1 aliphatic heterocycles. The number of nitrogens with zero attached hydrogens (tertiary/aromatic N) is 3. The molecule has 1 aromatic rings. The van der Waals surface area contributed by atoms with Crippen LogP contribution in [-0.4, -0.2) is 48.3 Å². The topological polar surface area (TPSA) is 67.6 Å². The summed E-state index contributed by atoms with van der Waals surface area (Å²) in [6, 6.07) is 1.52. The van der Waals surface area contributed by atoms with Crippen LogP contribution >= 0.6 is 0 Å². The largest absolute Gasteiger partial charge is 0.391 e. The third-order valence-corrected chi connectivity index (χ3v) is 3.24. The first-order valence-electron chi connectivity index (χ1n) is 6.08. The first kappa shape index (κ1) is 13.0. The van der Waals surface area contributed by atoms with Gasteiger partial charge in [0.15, 0.2) is 0 Å². The number of ether oxygens (including phenoxy) is 1. The number of hydrogen-bond acceptors (Lipinski definition) is 5. The monoisotopic (exact) mass is 253 g/mol. The van der Waals surface area contributed by atoms with E-state index in [0.29, 0.717) is 13.2 Å². The van der Waals surface area contributed by atoms with Crippen molar-refractivity contribution in [1.82, 2.24) is 9.78 Å². The SMILES string of the molecule is CN(C)c1cnn(CC(O)C2CCOC2)c(=O)c1. The highest BCUT2D eigenvalue weighted by Gasteiger charge is 2.24. The first-order valence-corrected chi connectivity index (χ1v) is 6.08. The highest BCUT2D eigenvalue weighted by Crippen LogP contribution is 2.17. The number of hydrogen-bond donors (Lipinski definition) is 1. The Labute approximate surface area is 106 Å². The number of aliphatic hydroxyl groups excluding tert-OH is 1. The molecule has 100 valence electrons. The summed E-state index contributed by atoms with van der Waals surface area (Å²) < 4.78 is 6.52. The number of anilines is 1. The molecule has 0 saturated carbocycles. The van der Waals surface area contributed by atoms with Crippen molar-refractivity contribution in [2.24, 2.45) is 5.92 Å². The van der Waals surface area contributed by atoms with E-state index in [1.54, 1.807) is 6.20 Å². The van der Waals surface area contributed by atoms with E-state index in [0.717, 1.165) is 12.1 Å². The minimum absolute atomic E-state index is 0.104. The number of rotatable bonds is 4. The number of aromatic nitrogens is 2. The Kier molecular flexibility index (Phi) is 3.98. The molecule has 2 rings (SSSR count). The fourth-order valence-corrected chi connectivity index (χ4v) is 1.99. The smallest absolute Gasteiger partial charge is 0.268 e. The predicted octanol–water partition coefficient (Wildman–Crippen LogP) is -0.293. The normalized spacial score (nSPS) is 20.9. The Morgan fingerprint density at radius 1 is 1.67 bits per heavy atom. The number of aliphatic hydroxyl groups is 1. The average Bonchev–Trinajstić information content (AvgIpc) is 2.85. The molecule has 2 atom stereocenters. The molecule has 6 nitrogen and oxygen atoms in total. The summed E-state index contributed by atoms with van der Waals surface area (Å²) in [5, 5.41) is 14.1. The van der Waals surface area contributed by atoms with Crippen molar-refractivity contribution < 1.29 is 9.84 Å². The second kappa shape index (κ2) is 5.49. The van der Waals surface area contributed by atoms with Crippen molar-refractivity contribution >= 4 is 5.69 Å². The van der Waals surface area contributed by atoms with Crippen molar-refractivity contribution in [3.05, 3.63) is 22.6 Å². The van der Waals surface area contributed by atoms with Crippen LogP contribution in [0.2, 0.25) is 0 Å². The third-order valence-electron chi connectivity index (χ3n) is 3.24. The Bertz CT molecular complexity index is 452. The molecule has 1 aromatic heterocycles. The lowest BCUT2D eigenvalue weighted by Gasteiger charge is -2.17. The van der Waals surface area contributed by atoms with Crippen LogP contribution in [0.1, 0.15) is 6.42 Å². The Morgan fingerprint density at radius 3 is 3.00 bits per heavy atom. The van der Waals surface area contributed by atoms with Crippen LogP contribution < -0.4 is 10.5 Å². The lowest BCUT2D eigenvalue weighted by Crippen LogP contribution is -2.33. The van der Waals surface area contributed by atoms with E-state index >= 15 is 0 Å². The standard InChI is InChI=1S/C12H19N3O3/c1-14(2)10-5-12(17)15(13-6-10)7-11(16)9-3-4-18-8-9/h5-6,9,11,16H,3-4,7-8H2,1-2H3. The zero-order chi connectivity index (χ0) is 13.1. The van der Waals surface area contributed by atoms with Gasteiger partial charge in [-0.1, -0.05) is 0 Å². The van der Waals surface area contributed by atoms with Crippen LogP contribution in [0.5, 0.6) is 0 Å². The first-order chi connectivity index (χ1) is 8.58. The Hall–Kier alpha value is -1.40. The van der Waals surface area contributed by atoms with E-state index in [1.165, 1.54) is 10.7 Å². The van der Waals surface area contributed by atoms with Crippen molar-refractivity contribution in [3.8, 4) is 0 Å². The Balaban J connectivity index is 2.07. The summed E-state index contributed by atoms with van der Waals surface area (Å²) in [7, 11) is 3.71. The molecule has 0 aromatic carbocycles. The van der Waals surface area contributed by atoms with E-state index in [9.17, 15) is 9.90 Å². The lowest BCUT2D eigenvalue weighted by molar-refractivity contribution is 0.0735. The van der Waals surface area contributed by atoms with E-state index in [-0.39, 0.29) is 18.0 Å². The zero-order valence-electron chi connectivity index (χ0n) is 10.7. The van der Waals surface area contributed by atoms with Gasteiger partial charge in [0.05, 0.1) is 31.1 Å². The molecule has 2 heterocycles. The van der Waals surface area contributed by atoms with Gasteiger partial charge in [0.25, 0.3) is 5.56 Å². The molecule has 1 saturated heterocycles. The Morgan fingerprint density at radius 2 is 2.44 bits per heavy atom. The minimum Gasteiger partial charge on any atom is -0.391 e. The maximum Gasteiger partial charge on any atom is 0.268 e. The molecule has 1 fully saturated rings. The van der Waals surface area contributed by atoms with Gasteiger partial charge in [-0.3, -0.25) is 4.79 Å². The summed E-state index contributed by atoms with van der Waals surface area (Å²) in [6.45, 7) is 1.47. The fraction of sp³-hybridized carbons (Fsp3) is 0.667. The maximum absolute atomic E-state index is 11.8. The molecule has 0 aliphatic carbocycles. The molecule has 1 aliphatic rings. The molecule has 0 spiro atoms. The average molecular weight is 253 g/mol. The molecular formula is C12H19N3O3. The van der Waals surface area contributed by atoms with Gasteiger partial charge in [-0.15, -0.1) is 0 Å². The molecule has 2 unspecified atom stereocenters. The second-order valence-electron chi connectivity index (χ2n) is 4.82. The fourth-order valence-electron chi connectivity index (χ4n) is 1.99. The summed E-state index contributed by atoms with van der Waals surface area (Å²) in [5.74, 6) is 0.104. The van der Waals surface area contributed by atoms with Crippen LogP contribution in [0, 0.1) is 5.92 Å². The van der Waals surface area contributed by atoms with Gasteiger partial charge in [-0.2, -0.15) is 5.10 Å². The van der Waals surface area contributed by atoms with Gasteiger partial charge >= 0.3 is 0 Å². The van der Waals surface area contributed by atoms with E-state index < -0.39 is 6.10 Å². The minimum atomic E-state index is -0.581. The molecule has 0 amide bonds. The molecular weight excluding hydrogens is 234 g/mol. The van der Waals surface area contributed by atoms with Gasteiger partial charge in [0.1, 0.15) is 0 Å². The van der Waals surface area contributed by atoms with Crippen molar-refractivity contribution in [1.29, 1.82) is 0 Å². The van der Waals surface area contributed by atoms with Crippen molar-refractivity contribution in [2.45, 2.75) is 19.1 Å². The molecule has 18 heavy (non-hydrogen) atoms. The van der Waals surface area contributed by atoms with Crippen LogP contribution in [0.3, 0.4) is 0 Å². The van der Waals surface area contributed by atoms with E-state index in [2.05, 4.69) is 5.10 Å². The summed E-state index contributed by atoms with van der Waals surface area (Å²) >= 11 is 0. The quantitative estimate of drug-likeness (QED) is 0.798. The van der Waals surface area contributed by atoms with Crippen LogP contribution in [-0.2, 0) is 11.3 Å². The molecule has 0 bridgehead atoms. The van der Waals surface area contributed by atoms with Gasteiger partial charge < -0.3 is 14.7 Å². The summed E-state index contributed by atoms with van der Waals surface area (Å²) in [4.78, 5) is 13.6. The predicted molar refractivity (Wildman–Crippen MR) is 67.8 cm³/mol. The molecule has 6 heteroatoms. The second-order valence-corrected chi connectivity index (χ2v) is 4.82. The van der Waals surface area contributed by atoms with Gasteiger partial charge in [-0.25, -0.2) is 4.68 Å². The molecule has 0 radical (unpaired) electrons. The third kappa shape index (κ3) is 2.88. The highest BCUT2D eigenvalue weighted by molar-refractivity contribution is 5.40. The zero-order valence-corrected chi connectivity index (χ0v) is 10.7. The van der Waals surface area contributed by atoms with Crippen LogP contribution in [0.4, 0.5) is 5.69 Å². The van der Waals surface area contributed by atoms with Gasteiger partial charge in [-0.05, 0) is 6.42 Å². The van der Waals surface area contributed by atoms with Crippen LogP contribution in [0.15, 0.2) is 17.1 Å². The van der Waals surface area contributed by atoms with Gasteiger partial charge in [0.2, 0.25) is 0 Å².